The van der Waals surface area contributed by atoms with E-state index >= 15 is 0 Å². The summed E-state index contributed by atoms with van der Waals surface area (Å²) in [5.41, 5.74) is 2.66. The first-order valence-electron chi connectivity index (χ1n) is 8.87. The summed E-state index contributed by atoms with van der Waals surface area (Å²) >= 11 is 6.43. The maximum atomic E-state index is 12.2. The minimum Gasteiger partial charge on any atom is -0.379 e. The molecule has 1 aromatic heterocycles. The van der Waals surface area contributed by atoms with Crippen molar-refractivity contribution in [2.45, 2.75) is 32.4 Å². The van der Waals surface area contributed by atoms with Gasteiger partial charge in [-0.25, -0.2) is 0 Å². The molecule has 0 saturated carbocycles. The SMILES string of the molecule is CC#Cc1ccc(CNc2ccc(Cl)c([C@]3(C)CC(=O)N(C)C(=N)N3)c2)nc1. The molecule has 7 heteroatoms. The number of hydrogen-bond donors (Lipinski definition) is 3. The lowest BCUT2D eigenvalue weighted by Gasteiger charge is -2.40. The number of rotatable bonds is 4. The molecule has 0 unspecified atom stereocenters. The van der Waals surface area contributed by atoms with Crippen LogP contribution in [0.3, 0.4) is 0 Å². The van der Waals surface area contributed by atoms with Crippen LogP contribution in [0.25, 0.3) is 0 Å². The van der Waals surface area contributed by atoms with Crippen LogP contribution >= 0.6 is 11.6 Å². The first-order chi connectivity index (χ1) is 13.3. The quantitative estimate of drug-likeness (QED) is 0.694. The second kappa shape index (κ2) is 7.91. The third kappa shape index (κ3) is 4.10. The number of pyridine rings is 1. The molecule has 1 fully saturated rings. The van der Waals surface area contributed by atoms with Crippen molar-refractivity contribution in [2.75, 3.05) is 12.4 Å². The average Bonchev–Trinajstić information content (AvgIpc) is 2.66. The molecule has 1 atom stereocenters. The third-order valence-electron chi connectivity index (χ3n) is 4.74. The van der Waals surface area contributed by atoms with Gasteiger partial charge >= 0.3 is 0 Å². The molecule has 28 heavy (non-hydrogen) atoms. The second-order valence-corrected chi connectivity index (χ2v) is 7.30. The van der Waals surface area contributed by atoms with Crippen molar-refractivity contribution < 1.29 is 4.79 Å². The van der Waals surface area contributed by atoms with Gasteiger partial charge in [-0.15, -0.1) is 5.92 Å². The highest BCUT2D eigenvalue weighted by atomic mass is 35.5. The fourth-order valence-corrected chi connectivity index (χ4v) is 3.42. The highest BCUT2D eigenvalue weighted by Gasteiger charge is 2.39. The predicted molar refractivity (Wildman–Crippen MR) is 111 cm³/mol. The summed E-state index contributed by atoms with van der Waals surface area (Å²) in [7, 11) is 1.58. The molecule has 0 radical (unpaired) electrons. The van der Waals surface area contributed by atoms with Crippen molar-refractivity contribution >= 4 is 29.2 Å². The summed E-state index contributed by atoms with van der Waals surface area (Å²) in [5.74, 6) is 5.76. The van der Waals surface area contributed by atoms with Crippen LogP contribution in [-0.4, -0.2) is 28.8 Å². The molecule has 1 aliphatic rings. The van der Waals surface area contributed by atoms with Crippen LogP contribution in [0, 0.1) is 17.3 Å². The number of carbonyl (C=O) groups excluding carboxylic acids is 1. The Balaban J connectivity index is 1.78. The van der Waals surface area contributed by atoms with Crippen molar-refractivity contribution in [3.05, 3.63) is 58.4 Å². The van der Waals surface area contributed by atoms with Crippen LogP contribution in [0.15, 0.2) is 36.5 Å². The van der Waals surface area contributed by atoms with E-state index in [1.165, 1.54) is 4.90 Å². The molecule has 3 rings (SSSR count). The number of halogens is 1. The molecule has 144 valence electrons. The number of amides is 1. The Morgan fingerprint density at radius 2 is 2.18 bits per heavy atom. The van der Waals surface area contributed by atoms with E-state index in [1.54, 1.807) is 26.2 Å². The maximum Gasteiger partial charge on any atom is 0.231 e. The molecule has 1 saturated heterocycles. The Morgan fingerprint density at radius 1 is 1.39 bits per heavy atom. The van der Waals surface area contributed by atoms with Crippen LogP contribution in [0.4, 0.5) is 5.69 Å². The van der Waals surface area contributed by atoms with Gasteiger partial charge in [0.25, 0.3) is 0 Å². The van der Waals surface area contributed by atoms with Gasteiger partial charge in [-0.05, 0) is 49.7 Å². The van der Waals surface area contributed by atoms with Crippen molar-refractivity contribution in [1.29, 1.82) is 5.41 Å². The highest BCUT2D eigenvalue weighted by Crippen LogP contribution is 2.35. The number of anilines is 1. The molecule has 3 N–H and O–H groups in total. The number of benzene rings is 1. The molecule has 0 aliphatic carbocycles. The van der Waals surface area contributed by atoms with Gasteiger partial charge in [0.1, 0.15) is 0 Å². The second-order valence-electron chi connectivity index (χ2n) is 6.90. The fraction of sp³-hybridized carbons (Fsp3) is 0.286. The van der Waals surface area contributed by atoms with E-state index in [0.717, 1.165) is 22.5 Å². The molecule has 1 aromatic carbocycles. The zero-order valence-electron chi connectivity index (χ0n) is 16.1. The fourth-order valence-electron chi connectivity index (χ4n) is 3.10. The van der Waals surface area contributed by atoms with Gasteiger partial charge in [-0.1, -0.05) is 17.5 Å². The zero-order valence-corrected chi connectivity index (χ0v) is 16.8. The molecule has 0 spiro atoms. The normalized spacial score (nSPS) is 18.9. The Morgan fingerprint density at radius 3 is 2.82 bits per heavy atom. The van der Waals surface area contributed by atoms with Gasteiger partial charge in [0.05, 0.1) is 24.2 Å². The first kappa shape index (κ1) is 19.7. The minimum absolute atomic E-state index is 0.0626. The van der Waals surface area contributed by atoms with E-state index in [2.05, 4.69) is 27.5 Å². The summed E-state index contributed by atoms with van der Waals surface area (Å²) in [6.45, 7) is 4.22. The van der Waals surface area contributed by atoms with E-state index in [4.69, 9.17) is 17.0 Å². The molecular weight excluding hydrogens is 374 g/mol. The van der Waals surface area contributed by atoms with Gasteiger partial charge in [0.2, 0.25) is 5.91 Å². The average molecular weight is 396 g/mol. The van der Waals surface area contributed by atoms with Crippen molar-refractivity contribution in [1.82, 2.24) is 15.2 Å². The highest BCUT2D eigenvalue weighted by molar-refractivity contribution is 6.31. The van der Waals surface area contributed by atoms with Gasteiger partial charge < -0.3 is 10.6 Å². The zero-order chi connectivity index (χ0) is 20.3. The monoisotopic (exact) mass is 395 g/mol. The Kier molecular flexibility index (Phi) is 5.57. The third-order valence-corrected chi connectivity index (χ3v) is 5.07. The van der Waals surface area contributed by atoms with Crippen LogP contribution in [0.5, 0.6) is 0 Å². The number of nitrogens with one attached hydrogen (secondary N) is 3. The van der Waals surface area contributed by atoms with Crippen molar-refractivity contribution in [3.8, 4) is 11.8 Å². The van der Waals surface area contributed by atoms with Gasteiger partial charge in [-0.2, -0.15) is 0 Å². The number of nitrogens with zero attached hydrogens (tertiary/aromatic N) is 2. The number of hydrogen-bond acceptors (Lipinski definition) is 4. The number of guanidine groups is 1. The molecule has 2 aromatic rings. The summed E-state index contributed by atoms with van der Waals surface area (Å²) < 4.78 is 0. The van der Waals surface area contributed by atoms with Gasteiger partial charge in [0.15, 0.2) is 5.96 Å². The minimum atomic E-state index is -0.742. The maximum absolute atomic E-state index is 12.2. The van der Waals surface area contributed by atoms with Crippen LogP contribution in [-0.2, 0) is 16.9 Å². The van der Waals surface area contributed by atoms with Gasteiger partial charge in [0, 0.05) is 29.5 Å². The lowest BCUT2D eigenvalue weighted by Crippen LogP contribution is -2.58. The van der Waals surface area contributed by atoms with Crippen LogP contribution in [0.1, 0.15) is 37.1 Å². The Bertz CT molecular complexity index is 957. The number of aromatic nitrogens is 1. The van der Waals surface area contributed by atoms with E-state index < -0.39 is 5.54 Å². The summed E-state index contributed by atoms with van der Waals surface area (Å²) in [5, 5.41) is 15.0. The van der Waals surface area contributed by atoms with Crippen LogP contribution < -0.4 is 10.6 Å². The van der Waals surface area contributed by atoms with Crippen LogP contribution in [0.2, 0.25) is 5.02 Å². The van der Waals surface area contributed by atoms with E-state index in [9.17, 15) is 4.79 Å². The lowest BCUT2D eigenvalue weighted by molar-refractivity contribution is -0.129. The summed E-state index contributed by atoms with van der Waals surface area (Å²) in [6.07, 6.45) is 1.97. The van der Waals surface area contributed by atoms with E-state index in [1.807, 2.05) is 31.2 Å². The summed E-state index contributed by atoms with van der Waals surface area (Å²) in [4.78, 5) is 17.9. The smallest absolute Gasteiger partial charge is 0.231 e. The lowest BCUT2D eigenvalue weighted by atomic mass is 9.86. The van der Waals surface area contributed by atoms with Crippen molar-refractivity contribution in [3.63, 3.8) is 0 Å². The largest absolute Gasteiger partial charge is 0.379 e. The Labute approximate surface area is 169 Å². The number of carbonyl (C=O) groups is 1. The molecule has 1 aliphatic heterocycles. The molecule has 0 bridgehead atoms. The topological polar surface area (TPSA) is 81.1 Å². The molecular formula is C21H22ClN5O. The standard InChI is InChI=1S/C21H22ClN5O/c1-4-5-14-6-7-16(24-12-14)13-25-15-8-9-18(22)17(10-15)21(2)11-19(28)27(3)20(23)26-21/h6-10,12,25H,11,13H2,1-3H3,(H2,23,26)/t21-/m0/s1. The molecule has 6 nitrogen and oxygen atoms in total. The summed E-state index contributed by atoms with van der Waals surface area (Å²) in [6, 6.07) is 9.47. The van der Waals surface area contributed by atoms with E-state index in [0.29, 0.717) is 11.6 Å². The first-order valence-corrected chi connectivity index (χ1v) is 9.25. The van der Waals surface area contributed by atoms with E-state index in [-0.39, 0.29) is 18.3 Å². The van der Waals surface area contributed by atoms with Crippen molar-refractivity contribution in [2.24, 2.45) is 0 Å². The molecule has 1 amide bonds. The molecule has 2 heterocycles. The van der Waals surface area contributed by atoms with Gasteiger partial charge in [-0.3, -0.25) is 20.1 Å². The Hall–Kier alpha value is -3.04. The predicted octanol–water partition coefficient (Wildman–Crippen LogP) is 3.32.